The van der Waals surface area contributed by atoms with Crippen molar-refractivity contribution in [2.75, 3.05) is 13.1 Å². The summed E-state index contributed by atoms with van der Waals surface area (Å²) < 4.78 is 26.7. The molecule has 1 saturated heterocycles. The van der Waals surface area contributed by atoms with E-state index < -0.39 is 10.0 Å². The fourth-order valence-corrected chi connectivity index (χ4v) is 4.77. The van der Waals surface area contributed by atoms with Crippen LogP contribution < -0.4 is 5.32 Å². The number of nitrogens with zero attached hydrogens (tertiary/aromatic N) is 2. The van der Waals surface area contributed by atoms with Gasteiger partial charge >= 0.3 is 0 Å². The molecular formula is C16H21N3O2S2. The summed E-state index contributed by atoms with van der Waals surface area (Å²) >= 11 is 1.58. The van der Waals surface area contributed by atoms with Gasteiger partial charge in [-0.3, -0.25) is 0 Å². The van der Waals surface area contributed by atoms with Crippen molar-refractivity contribution in [2.24, 2.45) is 0 Å². The molecule has 1 aromatic heterocycles. The summed E-state index contributed by atoms with van der Waals surface area (Å²) in [7, 11) is -3.33. The van der Waals surface area contributed by atoms with Crippen LogP contribution >= 0.6 is 11.3 Å². The van der Waals surface area contributed by atoms with Gasteiger partial charge in [0.25, 0.3) is 0 Å². The number of hydrogen-bond acceptors (Lipinski definition) is 5. The topological polar surface area (TPSA) is 62.3 Å². The summed E-state index contributed by atoms with van der Waals surface area (Å²) in [6.45, 7) is 2.69. The average Bonchev–Trinajstić information content (AvgIpc) is 3.10. The Balaban J connectivity index is 1.59. The quantitative estimate of drug-likeness (QED) is 0.869. The van der Waals surface area contributed by atoms with Crippen molar-refractivity contribution in [1.82, 2.24) is 14.6 Å². The lowest BCUT2D eigenvalue weighted by Crippen LogP contribution is -2.35. The van der Waals surface area contributed by atoms with Gasteiger partial charge < -0.3 is 5.32 Å². The van der Waals surface area contributed by atoms with Crippen LogP contribution in [0.3, 0.4) is 0 Å². The minimum absolute atomic E-state index is 0.391. The van der Waals surface area contributed by atoms with E-state index in [1.807, 2.05) is 23.0 Å². The molecule has 0 radical (unpaired) electrons. The van der Waals surface area contributed by atoms with E-state index in [0.29, 0.717) is 24.5 Å². The highest BCUT2D eigenvalue weighted by Crippen LogP contribution is 2.20. The molecule has 1 aliphatic rings. The molecule has 0 amide bonds. The molecule has 0 spiro atoms. The molecule has 3 rings (SSSR count). The number of benzene rings is 1. The van der Waals surface area contributed by atoms with E-state index in [1.54, 1.807) is 27.8 Å². The molecule has 0 aliphatic carbocycles. The highest BCUT2D eigenvalue weighted by atomic mass is 32.2. The second kappa shape index (κ2) is 7.53. The molecule has 1 fully saturated rings. The van der Waals surface area contributed by atoms with Gasteiger partial charge in [0.15, 0.2) is 0 Å². The Bertz CT molecular complexity index is 706. The van der Waals surface area contributed by atoms with Crippen LogP contribution in [0.4, 0.5) is 0 Å². The summed E-state index contributed by atoms with van der Waals surface area (Å²) in [6.07, 6.45) is 3.03. The van der Waals surface area contributed by atoms with Gasteiger partial charge in [0.05, 0.1) is 16.1 Å². The fraction of sp³-hybridized carbons (Fsp3) is 0.438. The largest absolute Gasteiger partial charge is 0.307 e. The second-order valence-corrected chi connectivity index (χ2v) is 8.35. The van der Waals surface area contributed by atoms with Crippen LogP contribution in [0.25, 0.3) is 0 Å². The van der Waals surface area contributed by atoms with E-state index >= 15 is 0 Å². The lowest BCUT2D eigenvalue weighted by Gasteiger charge is -2.25. The molecule has 2 aromatic rings. The van der Waals surface area contributed by atoms with Gasteiger partial charge in [0, 0.05) is 31.6 Å². The van der Waals surface area contributed by atoms with Crippen molar-refractivity contribution < 1.29 is 8.42 Å². The SMILES string of the molecule is O=S(=O)(c1ccc(CNCc2cscn2)cc1)N1CCCCC1. The number of aromatic nitrogens is 1. The molecule has 0 unspecified atom stereocenters. The maximum atomic E-state index is 12.6. The van der Waals surface area contributed by atoms with Gasteiger partial charge in [0.1, 0.15) is 0 Å². The number of rotatable bonds is 6. The first-order valence-corrected chi connectivity index (χ1v) is 10.2. The zero-order valence-corrected chi connectivity index (χ0v) is 14.6. The Hall–Kier alpha value is -1.28. The molecule has 124 valence electrons. The third kappa shape index (κ3) is 4.17. The summed E-state index contributed by atoms with van der Waals surface area (Å²) in [5.74, 6) is 0. The molecule has 0 bridgehead atoms. The fourth-order valence-electron chi connectivity index (χ4n) is 2.69. The highest BCUT2D eigenvalue weighted by Gasteiger charge is 2.25. The normalized spacial score (nSPS) is 16.5. The van der Waals surface area contributed by atoms with E-state index in [4.69, 9.17) is 0 Å². The molecule has 23 heavy (non-hydrogen) atoms. The van der Waals surface area contributed by atoms with Crippen LogP contribution in [0.15, 0.2) is 40.1 Å². The van der Waals surface area contributed by atoms with Crippen LogP contribution in [0, 0.1) is 0 Å². The van der Waals surface area contributed by atoms with Crippen molar-refractivity contribution in [3.8, 4) is 0 Å². The van der Waals surface area contributed by atoms with E-state index in [1.165, 1.54) is 0 Å². The molecular weight excluding hydrogens is 330 g/mol. The number of nitrogens with one attached hydrogen (secondary N) is 1. The van der Waals surface area contributed by atoms with Crippen molar-refractivity contribution >= 4 is 21.4 Å². The van der Waals surface area contributed by atoms with Gasteiger partial charge in [0.2, 0.25) is 10.0 Å². The standard InChI is InChI=1S/C16H21N3O2S2/c20-23(21,19-8-2-1-3-9-19)16-6-4-14(5-7-16)10-17-11-15-12-22-13-18-15/h4-7,12-13,17H,1-3,8-11H2. The van der Waals surface area contributed by atoms with Gasteiger partial charge in [-0.25, -0.2) is 13.4 Å². The first kappa shape index (κ1) is 16.6. The lowest BCUT2D eigenvalue weighted by molar-refractivity contribution is 0.346. The predicted octanol–water partition coefficient (Wildman–Crippen LogP) is 2.61. The minimum Gasteiger partial charge on any atom is -0.307 e. The van der Waals surface area contributed by atoms with Gasteiger partial charge in [-0.05, 0) is 30.5 Å². The zero-order valence-electron chi connectivity index (χ0n) is 12.9. The molecule has 2 heterocycles. The molecule has 7 heteroatoms. The Morgan fingerprint density at radius 1 is 1.09 bits per heavy atom. The summed E-state index contributed by atoms with van der Waals surface area (Å²) in [5, 5.41) is 5.33. The molecule has 0 saturated carbocycles. The van der Waals surface area contributed by atoms with Crippen LogP contribution in [0.2, 0.25) is 0 Å². The summed E-state index contributed by atoms with van der Waals surface area (Å²) in [6, 6.07) is 7.18. The number of sulfonamides is 1. The highest BCUT2D eigenvalue weighted by molar-refractivity contribution is 7.89. The first-order chi connectivity index (χ1) is 11.2. The van der Waals surface area contributed by atoms with E-state index in [0.717, 1.165) is 37.1 Å². The van der Waals surface area contributed by atoms with Crippen LogP contribution in [0.1, 0.15) is 30.5 Å². The zero-order chi connectivity index (χ0) is 16.1. The second-order valence-electron chi connectivity index (χ2n) is 5.69. The maximum Gasteiger partial charge on any atom is 0.243 e. The first-order valence-electron chi connectivity index (χ1n) is 7.83. The Kier molecular flexibility index (Phi) is 5.42. The third-order valence-electron chi connectivity index (χ3n) is 3.99. The van der Waals surface area contributed by atoms with Crippen LogP contribution in [-0.4, -0.2) is 30.8 Å². The number of hydrogen-bond donors (Lipinski definition) is 1. The summed E-state index contributed by atoms with van der Waals surface area (Å²) in [4.78, 5) is 4.61. The minimum atomic E-state index is -3.33. The molecule has 1 aromatic carbocycles. The van der Waals surface area contributed by atoms with Crippen LogP contribution in [-0.2, 0) is 23.1 Å². The maximum absolute atomic E-state index is 12.6. The van der Waals surface area contributed by atoms with Gasteiger partial charge in [-0.2, -0.15) is 4.31 Å². The van der Waals surface area contributed by atoms with Crippen molar-refractivity contribution in [3.63, 3.8) is 0 Å². The Labute approximate surface area is 141 Å². The van der Waals surface area contributed by atoms with Gasteiger partial charge in [-0.15, -0.1) is 11.3 Å². The smallest absolute Gasteiger partial charge is 0.243 e. The summed E-state index contributed by atoms with van der Waals surface area (Å²) in [5.41, 5.74) is 3.91. The van der Waals surface area contributed by atoms with Crippen molar-refractivity contribution in [2.45, 2.75) is 37.2 Å². The predicted molar refractivity (Wildman–Crippen MR) is 91.7 cm³/mol. The van der Waals surface area contributed by atoms with E-state index in [9.17, 15) is 8.42 Å². The van der Waals surface area contributed by atoms with Gasteiger partial charge in [-0.1, -0.05) is 18.6 Å². The molecule has 0 atom stereocenters. The monoisotopic (exact) mass is 351 g/mol. The Morgan fingerprint density at radius 2 is 1.83 bits per heavy atom. The van der Waals surface area contributed by atoms with E-state index in [-0.39, 0.29) is 0 Å². The Morgan fingerprint density at radius 3 is 2.48 bits per heavy atom. The molecule has 1 aliphatic heterocycles. The molecule has 1 N–H and O–H groups in total. The molecule has 5 nitrogen and oxygen atoms in total. The average molecular weight is 351 g/mol. The number of piperidine rings is 1. The van der Waals surface area contributed by atoms with Crippen molar-refractivity contribution in [3.05, 3.63) is 46.4 Å². The van der Waals surface area contributed by atoms with Crippen molar-refractivity contribution in [1.29, 1.82) is 0 Å². The third-order valence-corrected chi connectivity index (χ3v) is 6.54. The van der Waals surface area contributed by atoms with Crippen LogP contribution in [0.5, 0.6) is 0 Å². The number of thiazole rings is 1. The van der Waals surface area contributed by atoms with E-state index in [2.05, 4.69) is 10.3 Å². The lowest BCUT2D eigenvalue weighted by atomic mass is 10.2.